The Bertz CT molecular complexity index is 876. The maximum absolute atomic E-state index is 12.4. The molecule has 27 heavy (non-hydrogen) atoms. The molecule has 9 heteroatoms. The van der Waals surface area contributed by atoms with Crippen LogP contribution < -0.4 is 0 Å². The van der Waals surface area contributed by atoms with Crippen molar-refractivity contribution in [3.63, 3.8) is 0 Å². The Hall–Kier alpha value is -2.65. The van der Waals surface area contributed by atoms with Gasteiger partial charge in [-0.25, -0.2) is 0 Å². The number of nitrogens with zero attached hydrogens (tertiary/aromatic N) is 5. The van der Waals surface area contributed by atoms with E-state index >= 15 is 0 Å². The molecule has 1 saturated heterocycles. The molecule has 0 spiro atoms. The number of thioether (sulfide) groups is 1. The van der Waals surface area contributed by atoms with Crippen molar-refractivity contribution in [2.45, 2.75) is 11.7 Å². The summed E-state index contributed by atoms with van der Waals surface area (Å²) in [6, 6.07) is 7.52. The van der Waals surface area contributed by atoms with Gasteiger partial charge in [0.25, 0.3) is 0 Å². The third-order valence-corrected chi connectivity index (χ3v) is 5.19. The van der Waals surface area contributed by atoms with E-state index < -0.39 is 0 Å². The Morgan fingerprint density at radius 3 is 2.70 bits per heavy atom. The van der Waals surface area contributed by atoms with Gasteiger partial charge in [0.2, 0.25) is 5.91 Å². The number of aromatic nitrogens is 4. The predicted octanol–water partition coefficient (Wildman–Crippen LogP) is 1.93. The average molecular weight is 385 g/mol. The van der Waals surface area contributed by atoms with Crippen LogP contribution in [-0.2, 0) is 16.1 Å². The summed E-state index contributed by atoms with van der Waals surface area (Å²) in [5, 5.41) is 9.32. The van der Waals surface area contributed by atoms with Crippen molar-refractivity contribution >= 4 is 17.7 Å². The molecule has 1 aliphatic heterocycles. The molecule has 0 atom stereocenters. The molecule has 0 bridgehead atoms. The van der Waals surface area contributed by atoms with E-state index in [9.17, 15) is 4.79 Å². The second kappa shape index (κ2) is 8.36. The molecule has 0 aromatic carbocycles. The lowest BCUT2D eigenvalue weighted by Crippen LogP contribution is -2.41. The van der Waals surface area contributed by atoms with Crippen LogP contribution in [-0.4, -0.2) is 62.6 Å². The first-order valence-electron chi connectivity index (χ1n) is 8.65. The minimum absolute atomic E-state index is 0.0845. The van der Waals surface area contributed by atoms with Gasteiger partial charge in [-0.05, 0) is 24.3 Å². The smallest absolute Gasteiger partial charge is 0.233 e. The van der Waals surface area contributed by atoms with Crippen LogP contribution in [0.4, 0.5) is 0 Å². The van der Waals surface area contributed by atoms with Crippen molar-refractivity contribution in [2.24, 2.45) is 0 Å². The lowest BCUT2D eigenvalue weighted by Gasteiger charge is -2.26. The average Bonchev–Trinajstić information content (AvgIpc) is 3.38. The quantitative estimate of drug-likeness (QED) is 0.599. The Kier molecular flexibility index (Phi) is 5.50. The van der Waals surface area contributed by atoms with E-state index in [2.05, 4.69) is 15.2 Å². The molecule has 0 radical (unpaired) electrons. The van der Waals surface area contributed by atoms with Gasteiger partial charge in [0.15, 0.2) is 11.0 Å². The lowest BCUT2D eigenvalue weighted by atomic mass is 10.2. The largest absolute Gasteiger partial charge is 0.467 e. The topological polar surface area (TPSA) is 86.3 Å². The zero-order chi connectivity index (χ0) is 18.5. The van der Waals surface area contributed by atoms with E-state index in [1.165, 1.54) is 11.8 Å². The second-order valence-electron chi connectivity index (χ2n) is 5.99. The minimum atomic E-state index is 0.0845. The molecule has 4 heterocycles. The normalized spacial score (nSPS) is 14.4. The number of carbonyl (C=O) groups excluding carboxylic acids is 1. The fourth-order valence-corrected chi connectivity index (χ4v) is 3.68. The molecular formula is C18H19N5O3S. The number of rotatable bonds is 6. The highest BCUT2D eigenvalue weighted by molar-refractivity contribution is 7.99. The van der Waals surface area contributed by atoms with Crippen molar-refractivity contribution < 1.29 is 13.9 Å². The van der Waals surface area contributed by atoms with Gasteiger partial charge >= 0.3 is 0 Å². The molecule has 0 aliphatic carbocycles. The molecule has 140 valence electrons. The SMILES string of the molecule is O=C(CSc1nnc(-c2ccncc2)n1Cc1ccco1)N1CCOCC1. The number of morpholine rings is 1. The maximum Gasteiger partial charge on any atom is 0.233 e. The monoisotopic (exact) mass is 385 g/mol. The third-order valence-electron chi connectivity index (χ3n) is 4.24. The molecule has 0 saturated carbocycles. The molecule has 1 amide bonds. The fourth-order valence-electron chi connectivity index (χ4n) is 2.84. The van der Waals surface area contributed by atoms with Crippen LogP contribution in [0.25, 0.3) is 11.4 Å². The van der Waals surface area contributed by atoms with Gasteiger partial charge in [-0.2, -0.15) is 0 Å². The number of pyridine rings is 1. The standard InChI is InChI=1S/C18H19N5O3S/c24-16(22-7-10-25-11-8-22)13-27-18-21-20-17(14-3-5-19-6-4-14)23(18)12-15-2-1-9-26-15/h1-6,9H,7-8,10-13H2. The Labute approximate surface area is 160 Å². The summed E-state index contributed by atoms with van der Waals surface area (Å²) in [6.07, 6.45) is 5.08. The molecule has 0 unspecified atom stereocenters. The summed E-state index contributed by atoms with van der Waals surface area (Å²) >= 11 is 1.39. The van der Waals surface area contributed by atoms with Gasteiger partial charge < -0.3 is 14.1 Å². The molecule has 1 fully saturated rings. The van der Waals surface area contributed by atoms with E-state index in [0.29, 0.717) is 43.8 Å². The van der Waals surface area contributed by atoms with Gasteiger partial charge in [0.05, 0.1) is 31.8 Å². The van der Waals surface area contributed by atoms with Crippen LogP contribution in [0.5, 0.6) is 0 Å². The molecule has 3 aromatic heterocycles. The van der Waals surface area contributed by atoms with Gasteiger partial charge in [-0.3, -0.25) is 14.3 Å². The number of furan rings is 1. The summed E-state index contributed by atoms with van der Waals surface area (Å²) in [7, 11) is 0. The predicted molar refractivity (Wildman–Crippen MR) is 99.2 cm³/mol. The van der Waals surface area contributed by atoms with Crippen molar-refractivity contribution in [1.82, 2.24) is 24.6 Å². The molecule has 4 rings (SSSR count). The molecule has 1 aliphatic rings. The van der Waals surface area contributed by atoms with E-state index in [4.69, 9.17) is 9.15 Å². The van der Waals surface area contributed by atoms with Crippen LogP contribution in [0, 0.1) is 0 Å². The molecule has 0 N–H and O–H groups in total. The fraction of sp³-hybridized carbons (Fsp3) is 0.333. The highest BCUT2D eigenvalue weighted by Crippen LogP contribution is 2.25. The maximum atomic E-state index is 12.4. The highest BCUT2D eigenvalue weighted by Gasteiger charge is 2.20. The van der Waals surface area contributed by atoms with Gasteiger partial charge in [0.1, 0.15) is 5.76 Å². The van der Waals surface area contributed by atoms with Gasteiger partial charge in [-0.1, -0.05) is 11.8 Å². The highest BCUT2D eigenvalue weighted by atomic mass is 32.2. The number of hydrogen-bond donors (Lipinski definition) is 0. The zero-order valence-electron chi connectivity index (χ0n) is 14.7. The summed E-state index contributed by atoms with van der Waals surface area (Å²) in [4.78, 5) is 18.3. The third kappa shape index (κ3) is 4.20. The van der Waals surface area contributed by atoms with Crippen molar-refractivity contribution in [3.8, 4) is 11.4 Å². The van der Waals surface area contributed by atoms with E-state index in [1.807, 2.05) is 33.7 Å². The van der Waals surface area contributed by atoms with Gasteiger partial charge in [-0.15, -0.1) is 10.2 Å². The Morgan fingerprint density at radius 1 is 1.15 bits per heavy atom. The number of hydrogen-bond acceptors (Lipinski definition) is 7. The van der Waals surface area contributed by atoms with E-state index in [0.717, 1.165) is 17.1 Å². The van der Waals surface area contributed by atoms with Crippen molar-refractivity contribution in [1.29, 1.82) is 0 Å². The van der Waals surface area contributed by atoms with Crippen LogP contribution in [0.15, 0.2) is 52.5 Å². The number of ether oxygens (including phenoxy) is 1. The molecular weight excluding hydrogens is 366 g/mol. The molecule has 8 nitrogen and oxygen atoms in total. The van der Waals surface area contributed by atoms with E-state index in [-0.39, 0.29) is 5.91 Å². The Balaban J connectivity index is 1.54. The summed E-state index contributed by atoms with van der Waals surface area (Å²) in [6.45, 7) is 2.96. The van der Waals surface area contributed by atoms with Crippen LogP contribution in [0.3, 0.4) is 0 Å². The second-order valence-corrected chi connectivity index (χ2v) is 6.93. The summed E-state index contributed by atoms with van der Waals surface area (Å²) in [5.74, 6) is 1.91. The number of carbonyl (C=O) groups is 1. The zero-order valence-corrected chi connectivity index (χ0v) is 15.5. The first kappa shape index (κ1) is 17.7. The first-order chi connectivity index (χ1) is 13.3. The van der Waals surface area contributed by atoms with Crippen molar-refractivity contribution in [2.75, 3.05) is 32.1 Å². The summed E-state index contributed by atoms with van der Waals surface area (Å²) in [5.41, 5.74) is 0.912. The Morgan fingerprint density at radius 2 is 1.96 bits per heavy atom. The van der Waals surface area contributed by atoms with Crippen LogP contribution in [0.1, 0.15) is 5.76 Å². The number of amides is 1. The van der Waals surface area contributed by atoms with E-state index in [1.54, 1.807) is 18.7 Å². The van der Waals surface area contributed by atoms with Crippen LogP contribution in [0.2, 0.25) is 0 Å². The lowest BCUT2D eigenvalue weighted by molar-refractivity contribution is -0.132. The minimum Gasteiger partial charge on any atom is -0.467 e. The van der Waals surface area contributed by atoms with Gasteiger partial charge in [0, 0.05) is 31.0 Å². The summed E-state index contributed by atoms with van der Waals surface area (Å²) < 4.78 is 12.8. The van der Waals surface area contributed by atoms with Crippen molar-refractivity contribution in [3.05, 3.63) is 48.7 Å². The first-order valence-corrected chi connectivity index (χ1v) is 9.64. The van der Waals surface area contributed by atoms with Crippen LogP contribution >= 0.6 is 11.8 Å². The molecule has 3 aromatic rings.